The molecule has 0 unspecified atom stereocenters. The van der Waals surface area contributed by atoms with Gasteiger partial charge in [-0.3, -0.25) is 9.48 Å². The molecule has 2 aromatic rings. The van der Waals surface area contributed by atoms with Gasteiger partial charge in [0.05, 0.1) is 18.0 Å². The fourth-order valence-corrected chi connectivity index (χ4v) is 4.10. The first-order valence-electron chi connectivity index (χ1n) is 9.99. The lowest BCUT2D eigenvalue weighted by Gasteiger charge is -2.32. The zero-order valence-electron chi connectivity index (χ0n) is 17.7. The van der Waals surface area contributed by atoms with Crippen LogP contribution in [0.3, 0.4) is 0 Å². The van der Waals surface area contributed by atoms with Gasteiger partial charge < -0.3 is 9.64 Å². The molecule has 2 aromatic heterocycles. The molecule has 3 rings (SSSR count). The lowest BCUT2D eigenvalue weighted by atomic mass is 9.90. The Morgan fingerprint density at radius 2 is 1.96 bits per heavy atom. The van der Waals surface area contributed by atoms with Crippen LogP contribution in [0.15, 0.2) is 6.20 Å². The third kappa shape index (κ3) is 4.41. The van der Waals surface area contributed by atoms with E-state index in [4.69, 9.17) is 4.74 Å². The van der Waals surface area contributed by atoms with Crippen LogP contribution in [0.2, 0.25) is 0 Å². The fourth-order valence-electron chi connectivity index (χ4n) is 4.10. The van der Waals surface area contributed by atoms with Gasteiger partial charge in [-0.15, -0.1) is 0 Å². The summed E-state index contributed by atoms with van der Waals surface area (Å²) in [7, 11) is 3.64. The van der Waals surface area contributed by atoms with Crippen LogP contribution in [0.4, 0.5) is 0 Å². The number of piperidine rings is 1. The minimum absolute atomic E-state index is 0.233. The molecule has 7 nitrogen and oxygen atoms in total. The van der Waals surface area contributed by atoms with Crippen molar-refractivity contribution >= 4 is 5.91 Å². The number of aryl methyl sites for hydroxylation is 3. The van der Waals surface area contributed by atoms with Crippen molar-refractivity contribution in [3.05, 3.63) is 40.2 Å². The molecule has 0 aliphatic carbocycles. The Bertz CT molecular complexity index is 838. The Hall–Kier alpha value is -2.28. The molecule has 0 aromatic carbocycles. The number of likely N-dealkylation sites (tertiary alicyclic amines) is 1. The molecule has 28 heavy (non-hydrogen) atoms. The van der Waals surface area contributed by atoms with E-state index in [9.17, 15) is 4.79 Å². The third-order valence-electron chi connectivity index (χ3n) is 5.80. The molecule has 1 aliphatic rings. The molecular weight excluding hydrogens is 354 g/mol. The highest BCUT2D eigenvalue weighted by Gasteiger charge is 2.26. The summed E-state index contributed by atoms with van der Waals surface area (Å²) in [6.45, 7) is 8.08. The third-order valence-corrected chi connectivity index (χ3v) is 5.80. The van der Waals surface area contributed by atoms with E-state index in [1.165, 1.54) is 5.56 Å². The molecule has 1 saturated heterocycles. The zero-order chi connectivity index (χ0) is 20.3. The normalized spacial score (nSPS) is 15.2. The largest absolute Gasteiger partial charge is 0.380 e. The van der Waals surface area contributed by atoms with Crippen molar-refractivity contribution < 1.29 is 9.53 Å². The number of carbonyl (C=O) groups is 1. The minimum Gasteiger partial charge on any atom is -0.380 e. The van der Waals surface area contributed by atoms with Crippen molar-refractivity contribution in [2.75, 3.05) is 20.2 Å². The number of hydrogen-bond acceptors (Lipinski definition) is 5. The van der Waals surface area contributed by atoms with E-state index in [1.807, 2.05) is 36.7 Å². The molecule has 1 aliphatic heterocycles. The maximum atomic E-state index is 12.7. The number of carbonyl (C=O) groups excluding carboxylic acids is 1. The fraction of sp³-hybridized carbons (Fsp3) is 0.619. The van der Waals surface area contributed by atoms with E-state index in [2.05, 4.69) is 22.0 Å². The molecule has 0 atom stereocenters. The van der Waals surface area contributed by atoms with Gasteiger partial charge in [-0.2, -0.15) is 5.10 Å². The number of amides is 1. The number of aromatic nitrogens is 4. The van der Waals surface area contributed by atoms with Gasteiger partial charge in [-0.1, -0.05) is 0 Å². The Balaban J connectivity index is 1.58. The van der Waals surface area contributed by atoms with E-state index in [-0.39, 0.29) is 5.91 Å². The number of methoxy groups -OCH3 is 1. The summed E-state index contributed by atoms with van der Waals surface area (Å²) in [6, 6.07) is 0. The van der Waals surface area contributed by atoms with Gasteiger partial charge in [0.15, 0.2) is 0 Å². The van der Waals surface area contributed by atoms with Crippen molar-refractivity contribution in [1.82, 2.24) is 24.6 Å². The van der Waals surface area contributed by atoms with Crippen molar-refractivity contribution in [2.45, 2.75) is 59.0 Å². The van der Waals surface area contributed by atoms with E-state index >= 15 is 0 Å². The predicted molar refractivity (Wildman–Crippen MR) is 107 cm³/mol. The Morgan fingerprint density at radius 3 is 2.57 bits per heavy atom. The molecule has 0 spiro atoms. The summed E-state index contributed by atoms with van der Waals surface area (Å²) in [6.07, 6.45) is 5.04. The predicted octanol–water partition coefficient (Wildman–Crippen LogP) is 2.62. The lowest BCUT2D eigenvalue weighted by molar-refractivity contribution is -0.132. The van der Waals surface area contributed by atoms with Crippen molar-refractivity contribution in [3.63, 3.8) is 0 Å². The van der Waals surface area contributed by atoms with Crippen LogP contribution in [0, 0.1) is 20.8 Å². The van der Waals surface area contributed by atoms with Crippen LogP contribution < -0.4 is 0 Å². The first-order valence-corrected chi connectivity index (χ1v) is 9.99. The second-order valence-electron chi connectivity index (χ2n) is 7.69. The SMILES string of the molecule is COCc1cnc(C)nc1C1CCN(C(=O)CCc2c(C)nn(C)c2C)CC1. The van der Waals surface area contributed by atoms with Gasteiger partial charge in [-0.05, 0) is 45.6 Å². The summed E-state index contributed by atoms with van der Waals surface area (Å²) in [5, 5.41) is 4.44. The molecule has 0 radical (unpaired) electrons. The minimum atomic E-state index is 0.233. The second kappa shape index (κ2) is 8.82. The van der Waals surface area contributed by atoms with Crippen LogP contribution in [0.5, 0.6) is 0 Å². The average Bonchev–Trinajstić information content (AvgIpc) is 2.93. The molecule has 3 heterocycles. The molecular formula is C21H31N5O2. The molecule has 0 saturated carbocycles. The summed E-state index contributed by atoms with van der Waals surface area (Å²) in [4.78, 5) is 23.7. The highest BCUT2D eigenvalue weighted by Crippen LogP contribution is 2.29. The standard InChI is InChI=1S/C21H31N5O2/c1-14-19(15(2)25(4)24-14)6-7-20(27)26-10-8-17(9-11-26)21-18(13-28-5)12-22-16(3)23-21/h12,17H,6-11,13H2,1-5H3. The van der Waals surface area contributed by atoms with Gasteiger partial charge in [-0.25, -0.2) is 9.97 Å². The summed E-state index contributed by atoms with van der Waals surface area (Å²) in [5.74, 6) is 1.38. The van der Waals surface area contributed by atoms with E-state index in [1.54, 1.807) is 7.11 Å². The Morgan fingerprint density at radius 1 is 1.25 bits per heavy atom. The van der Waals surface area contributed by atoms with Gasteiger partial charge in [0, 0.05) is 57.0 Å². The van der Waals surface area contributed by atoms with E-state index < -0.39 is 0 Å². The number of ether oxygens (including phenoxy) is 1. The molecule has 0 N–H and O–H groups in total. The van der Waals surface area contributed by atoms with Crippen molar-refractivity contribution in [1.29, 1.82) is 0 Å². The van der Waals surface area contributed by atoms with E-state index in [0.29, 0.717) is 18.9 Å². The maximum Gasteiger partial charge on any atom is 0.222 e. The molecule has 0 bridgehead atoms. The topological polar surface area (TPSA) is 73.1 Å². The highest BCUT2D eigenvalue weighted by atomic mass is 16.5. The maximum absolute atomic E-state index is 12.7. The van der Waals surface area contributed by atoms with Crippen LogP contribution >= 0.6 is 0 Å². The second-order valence-corrected chi connectivity index (χ2v) is 7.69. The smallest absolute Gasteiger partial charge is 0.222 e. The van der Waals surface area contributed by atoms with Gasteiger partial charge in [0.2, 0.25) is 5.91 Å². The molecule has 1 fully saturated rings. The van der Waals surface area contributed by atoms with Crippen LogP contribution in [-0.4, -0.2) is 50.8 Å². The Labute approximate surface area is 167 Å². The van der Waals surface area contributed by atoms with Gasteiger partial charge in [0.1, 0.15) is 5.82 Å². The lowest BCUT2D eigenvalue weighted by Crippen LogP contribution is -2.38. The molecule has 1 amide bonds. The quantitative estimate of drug-likeness (QED) is 0.764. The Kier molecular flexibility index (Phi) is 6.44. The number of rotatable bonds is 6. The van der Waals surface area contributed by atoms with Crippen molar-refractivity contribution in [2.24, 2.45) is 7.05 Å². The molecule has 7 heteroatoms. The summed E-state index contributed by atoms with van der Waals surface area (Å²) in [5.41, 5.74) is 5.51. The van der Waals surface area contributed by atoms with Gasteiger partial charge in [0.25, 0.3) is 0 Å². The zero-order valence-corrected chi connectivity index (χ0v) is 17.7. The van der Waals surface area contributed by atoms with Crippen molar-refractivity contribution in [3.8, 4) is 0 Å². The van der Waals surface area contributed by atoms with Crippen LogP contribution in [0.25, 0.3) is 0 Å². The van der Waals surface area contributed by atoms with Gasteiger partial charge >= 0.3 is 0 Å². The molecule has 152 valence electrons. The first kappa shape index (κ1) is 20.5. The monoisotopic (exact) mass is 385 g/mol. The highest BCUT2D eigenvalue weighted by molar-refractivity contribution is 5.76. The summed E-state index contributed by atoms with van der Waals surface area (Å²) < 4.78 is 7.19. The number of nitrogens with zero attached hydrogens (tertiary/aromatic N) is 5. The number of hydrogen-bond donors (Lipinski definition) is 0. The average molecular weight is 386 g/mol. The summed E-state index contributed by atoms with van der Waals surface area (Å²) >= 11 is 0. The first-order chi connectivity index (χ1) is 13.4. The van der Waals surface area contributed by atoms with Crippen LogP contribution in [-0.2, 0) is 29.6 Å². The van der Waals surface area contributed by atoms with E-state index in [0.717, 1.165) is 60.8 Å². The van der Waals surface area contributed by atoms with Crippen LogP contribution in [0.1, 0.15) is 59.2 Å².